The van der Waals surface area contributed by atoms with E-state index < -0.39 is 0 Å². The van der Waals surface area contributed by atoms with Crippen LogP contribution in [0.15, 0.2) is 60.7 Å². The van der Waals surface area contributed by atoms with Gasteiger partial charge in [0.15, 0.2) is 12.6 Å². The van der Waals surface area contributed by atoms with Crippen molar-refractivity contribution in [3.8, 4) is 0 Å². The van der Waals surface area contributed by atoms with Gasteiger partial charge in [-0.2, -0.15) is 0 Å². The summed E-state index contributed by atoms with van der Waals surface area (Å²) in [6, 6.07) is 20.5. The maximum absolute atomic E-state index is 8.50. The minimum Gasteiger partial charge on any atom is -0.870 e. The Kier molecular flexibility index (Phi) is 44.6. The molecule has 2 aromatic carbocycles. The van der Waals surface area contributed by atoms with Crippen molar-refractivity contribution < 1.29 is 82.8 Å². The Morgan fingerprint density at radius 2 is 0.912 bits per heavy atom. The molecule has 2 heterocycles. The summed E-state index contributed by atoms with van der Waals surface area (Å²) >= 11 is 3.35. The molecule has 0 saturated carbocycles. The van der Waals surface area contributed by atoms with Crippen LogP contribution in [0, 0.1) is 0 Å². The van der Waals surface area contributed by atoms with Crippen molar-refractivity contribution in [2.24, 2.45) is 0 Å². The summed E-state index contributed by atoms with van der Waals surface area (Å²) in [5.41, 5.74) is 2.45. The van der Waals surface area contributed by atoms with Crippen molar-refractivity contribution in [2.45, 2.75) is 116 Å². The first kappa shape index (κ1) is 56.5. The van der Waals surface area contributed by atoms with Crippen molar-refractivity contribution in [3.05, 3.63) is 71.8 Å². The maximum Gasteiger partial charge on any atom is 1.00 e. The Hall–Kier alpha value is -0.520. The first-order valence-electron chi connectivity index (χ1n) is 20.9. The van der Waals surface area contributed by atoms with E-state index in [1.54, 1.807) is 0 Å². The van der Waals surface area contributed by atoms with E-state index in [2.05, 4.69) is 40.2 Å². The predicted molar refractivity (Wildman–Crippen MR) is 223 cm³/mol. The fraction of sp³-hybridized carbons (Fsp3) is 0.727. The Bertz CT molecular complexity index is 1040. The fourth-order valence-electron chi connectivity index (χ4n) is 5.52. The number of unbranched alkanes of at least 4 members (excludes halogenated alkanes) is 4. The molecule has 2 saturated heterocycles. The summed E-state index contributed by atoms with van der Waals surface area (Å²) in [6.07, 6.45) is 15.5. The zero-order chi connectivity index (χ0) is 39.0. The van der Waals surface area contributed by atoms with Gasteiger partial charge in [-0.25, -0.2) is 0 Å². The first-order chi connectivity index (χ1) is 27.3. The van der Waals surface area contributed by atoms with Gasteiger partial charge in [-0.15, -0.1) is 0 Å². The van der Waals surface area contributed by atoms with Gasteiger partial charge >= 0.3 is 29.6 Å². The van der Waals surface area contributed by atoms with Gasteiger partial charge < -0.3 is 53.2 Å². The molecule has 13 heteroatoms. The summed E-state index contributed by atoms with van der Waals surface area (Å²) in [5, 5.41) is 9.52. The predicted octanol–water partition coefficient (Wildman–Crippen LogP) is 5.86. The van der Waals surface area contributed by atoms with E-state index in [-0.39, 0.29) is 54.2 Å². The zero-order valence-electron chi connectivity index (χ0n) is 35.1. The number of rotatable bonds is 30. The normalized spacial score (nSPS) is 16.2. The number of hydrogen-bond acceptors (Lipinski definition) is 11. The molecule has 2 fully saturated rings. The van der Waals surface area contributed by atoms with Gasteiger partial charge in [-0.05, 0) is 101 Å². The van der Waals surface area contributed by atoms with Crippen LogP contribution >= 0.6 is 15.9 Å². The van der Waals surface area contributed by atoms with E-state index in [1.807, 2.05) is 36.4 Å². The Morgan fingerprint density at radius 3 is 1.33 bits per heavy atom. The summed E-state index contributed by atoms with van der Waals surface area (Å²) in [4.78, 5) is 0. The van der Waals surface area contributed by atoms with E-state index in [9.17, 15) is 0 Å². The number of halogens is 1. The quantitative estimate of drug-likeness (QED) is 0.0575. The van der Waals surface area contributed by atoms with Crippen molar-refractivity contribution in [1.29, 1.82) is 0 Å². The van der Waals surface area contributed by atoms with Crippen LogP contribution in [0.1, 0.15) is 101 Å². The minimum atomic E-state index is 0. The SMILES string of the molecule is BrCCCOC1CCCCO1.OCCOCCCCCOCc1ccccc1.[Na+].[OH-].c1ccc(COCCCCCOCCOCCCOC2CCCCO2)cc1. The number of hydrogen-bond donors (Lipinski definition) is 1. The number of aliphatic hydroxyl groups is 1. The van der Waals surface area contributed by atoms with E-state index in [4.69, 9.17) is 47.7 Å². The topological polar surface area (TPSA) is 133 Å². The third-order valence-electron chi connectivity index (χ3n) is 8.58. The second kappa shape index (κ2) is 45.0. The van der Waals surface area contributed by atoms with Gasteiger partial charge in [0, 0.05) is 51.6 Å². The number of alkyl halides is 1. The van der Waals surface area contributed by atoms with Gasteiger partial charge in [-0.1, -0.05) is 76.6 Å². The third-order valence-corrected chi connectivity index (χ3v) is 9.14. The standard InChI is InChI=1S/C22H36O5.C14H22O3.C8H15BrO2.Na.H2O/c1-3-10-21(11-4-1)20-25-14-7-2-6-13-23-18-19-24-15-9-17-27-22-12-5-8-16-26-22;15-9-12-16-10-5-2-6-11-17-13-14-7-3-1-4-8-14;9-5-3-7-11-8-4-1-2-6-10-8;;/h1,3-4,10-11,22H,2,5-9,12-20H2;1,3-4,7-8,15H,2,5-6,9-13H2;8H,1-7H2;;1H2/q;;;+1;/p-1. The number of aliphatic hydroxyl groups excluding tert-OH is 1. The van der Waals surface area contributed by atoms with Crippen LogP contribution in [0.25, 0.3) is 0 Å². The molecule has 11 nitrogen and oxygen atoms in total. The molecule has 0 radical (unpaired) electrons. The molecular weight excluding hydrogens is 807 g/mol. The molecule has 0 amide bonds. The van der Waals surface area contributed by atoms with Gasteiger partial charge in [0.25, 0.3) is 0 Å². The molecule has 2 aliphatic heterocycles. The second-order valence-corrected chi connectivity index (χ2v) is 14.3. The summed E-state index contributed by atoms with van der Waals surface area (Å²) in [7, 11) is 0. The Morgan fingerprint density at radius 1 is 0.491 bits per heavy atom. The van der Waals surface area contributed by atoms with E-state index >= 15 is 0 Å². The first-order valence-corrected chi connectivity index (χ1v) is 22.0. The molecule has 2 aromatic rings. The average molecular weight is 882 g/mol. The van der Waals surface area contributed by atoms with Gasteiger partial charge in [0.05, 0.1) is 52.9 Å². The largest absolute Gasteiger partial charge is 1.00 e. The number of benzene rings is 2. The van der Waals surface area contributed by atoms with Crippen molar-refractivity contribution in [3.63, 3.8) is 0 Å². The Balaban J connectivity index is 0.000000895. The van der Waals surface area contributed by atoms with Crippen LogP contribution in [0.3, 0.4) is 0 Å². The molecule has 324 valence electrons. The molecule has 0 aliphatic carbocycles. The molecule has 4 rings (SSSR count). The molecule has 2 unspecified atom stereocenters. The molecule has 57 heavy (non-hydrogen) atoms. The number of ether oxygens (including phenoxy) is 9. The molecule has 0 spiro atoms. The van der Waals surface area contributed by atoms with E-state index in [0.29, 0.717) is 39.6 Å². The van der Waals surface area contributed by atoms with Crippen LogP contribution < -0.4 is 29.6 Å². The van der Waals surface area contributed by atoms with Crippen molar-refractivity contribution in [1.82, 2.24) is 0 Å². The van der Waals surface area contributed by atoms with Gasteiger partial charge in [0.2, 0.25) is 0 Å². The summed E-state index contributed by atoms with van der Waals surface area (Å²) in [5.74, 6) is 0. The molecule has 2 aliphatic rings. The van der Waals surface area contributed by atoms with Crippen LogP contribution in [-0.2, 0) is 55.8 Å². The van der Waals surface area contributed by atoms with Gasteiger partial charge in [0.1, 0.15) is 0 Å². The molecular formula is C44H74BrNaO11. The van der Waals surface area contributed by atoms with Crippen molar-refractivity contribution in [2.75, 3.05) is 91.2 Å². The van der Waals surface area contributed by atoms with Crippen molar-refractivity contribution >= 4 is 15.9 Å². The van der Waals surface area contributed by atoms with E-state index in [0.717, 1.165) is 129 Å². The molecule has 2 N–H and O–H groups in total. The smallest absolute Gasteiger partial charge is 0.870 e. The Labute approximate surface area is 375 Å². The average Bonchev–Trinajstić information content (AvgIpc) is 3.24. The third kappa shape index (κ3) is 37.0. The van der Waals surface area contributed by atoms with Crippen LogP contribution in [0.5, 0.6) is 0 Å². The molecule has 2 atom stereocenters. The van der Waals surface area contributed by atoms with Crippen LogP contribution in [0.4, 0.5) is 0 Å². The van der Waals surface area contributed by atoms with Crippen LogP contribution in [-0.4, -0.2) is 114 Å². The fourth-order valence-corrected chi connectivity index (χ4v) is 5.75. The van der Waals surface area contributed by atoms with Gasteiger partial charge in [-0.3, -0.25) is 0 Å². The van der Waals surface area contributed by atoms with Crippen LogP contribution in [0.2, 0.25) is 0 Å². The van der Waals surface area contributed by atoms with E-state index in [1.165, 1.54) is 30.4 Å². The zero-order valence-corrected chi connectivity index (χ0v) is 38.7. The molecule has 0 aromatic heterocycles. The maximum atomic E-state index is 8.50. The molecule has 0 bridgehead atoms. The summed E-state index contributed by atoms with van der Waals surface area (Å²) < 4.78 is 49.6. The monoisotopic (exact) mass is 880 g/mol. The summed E-state index contributed by atoms with van der Waals surface area (Å²) in [6.45, 7) is 10.4. The minimum absolute atomic E-state index is 0. The second-order valence-electron chi connectivity index (χ2n) is 13.5.